The molecule has 1 atom stereocenters. The molecule has 1 unspecified atom stereocenters. The molecule has 4 nitrogen and oxygen atoms in total. The van der Waals surface area contributed by atoms with Crippen molar-refractivity contribution in [2.75, 3.05) is 12.3 Å². The fraction of sp³-hybridized carbons (Fsp3) is 0.417. The van der Waals surface area contributed by atoms with Crippen LogP contribution in [0, 0.1) is 0 Å². The average Bonchev–Trinajstić information content (AvgIpc) is 2.28. The van der Waals surface area contributed by atoms with Gasteiger partial charge < -0.3 is 15.2 Å². The lowest BCUT2D eigenvalue weighted by Crippen LogP contribution is -2.28. The number of nitrogen functional groups attached to an aromatic ring is 1. The average molecular weight is 223 g/mol. The summed E-state index contributed by atoms with van der Waals surface area (Å²) in [7, 11) is 0. The molecule has 0 radical (unpaired) electrons. The molecule has 4 heteroatoms. The van der Waals surface area contributed by atoms with Gasteiger partial charge in [-0.3, -0.25) is 0 Å². The molecule has 0 saturated carbocycles. The van der Waals surface area contributed by atoms with E-state index >= 15 is 0 Å². The van der Waals surface area contributed by atoms with Gasteiger partial charge in [0, 0.05) is 5.69 Å². The van der Waals surface area contributed by atoms with Crippen LogP contribution in [0.5, 0.6) is 5.75 Å². The lowest BCUT2D eigenvalue weighted by atomic mass is 10.2. The second kappa shape index (κ2) is 6.00. The van der Waals surface area contributed by atoms with Crippen LogP contribution in [0.2, 0.25) is 0 Å². The van der Waals surface area contributed by atoms with Gasteiger partial charge in [-0.15, -0.1) is 0 Å². The van der Waals surface area contributed by atoms with Crippen molar-refractivity contribution in [2.45, 2.75) is 26.4 Å². The van der Waals surface area contributed by atoms with E-state index in [1.165, 1.54) is 0 Å². The minimum atomic E-state index is -0.552. The van der Waals surface area contributed by atoms with E-state index < -0.39 is 6.10 Å². The van der Waals surface area contributed by atoms with Crippen molar-refractivity contribution in [3.05, 3.63) is 24.3 Å². The van der Waals surface area contributed by atoms with Gasteiger partial charge in [0.1, 0.15) is 5.75 Å². The van der Waals surface area contributed by atoms with Gasteiger partial charge >= 0.3 is 5.97 Å². The highest BCUT2D eigenvalue weighted by molar-refractivity contribution is 5.75. The number of carbonyl (C=O) groups is 1. The van der Waals surface area contributed by atoms with Crippen LogP contribution in [0.4, 0.5) is 5.69 Å². The van der Waals surface area contributed by atoms with Crippen molar-refractivity contribution in [3.63, 3.8) is 0 Å². The Morgan fingerprint density at radius 3 is 2.44 bits per heavy atom. The van der Waals surface area contributed by atoms with Crippen LogP contribution in [-0.2, 0) is 9.53 Å². The van der Waals surface area contributed by atoms with E-state index in [4.69, 9.17) is 15.2 Å². The van der Waals surface area contributed by atoms with Crippen LogP contribution in [0.15, 0.2) is 24.3 Å². The fourth-order valence-corrected chi connectivity index (χ4v) is 1.24. The summed E-state index contributed by atoms with van der Waals surface area (Å²) in [5, 5.41) is 0. The second-order valence-corrected chi connectivity index (χ2v) is 3.34. The van der Waals surface area contributed by atoms with Gasteiger partial charge in [-0.2, -0.15) is 0 Å². The van der Waals surface area contributed by atoms with Gasteiger partial charge in [0.25, 0.3) is 0 Å². The van der Waals surface area contributed by atoms with E-state index in [2.05, 4.69) is 0 Å². The molecule has 2 N–H and O–H groups in total. The summed E-state index contributed by atoms with van der Waals surface area (Å²) in [5.41, 5.74) is 6.21. The van der Waals surface area contributed by atoms with E-state index in [0.29, 0.717) is 24.5 Å². The Bertz CT molecular complexity index is 335. The first-order chi connectivity index (χ1) is 7.67. The van der Waals surface area contributed by atoms with Crippen molar-refractivity contribution >= 4 is 11.7 Å². The molecular weight excluding hydrogens is 206 g/mol. The standard InChI is InChI=1S/C12H17NO3/c1-3-11(12(14)15-4-2)16-10-7-5-9(13)6-8-10/h5-8,11H,3-4,13H2,1-2H3. The number of nitrogens with two attached hydrogens (primary N) is 1. The van der Waals surface area contributed by atoms with Crippen molar-refractivity contribution < 1.29 is 14.3 Å². The van der Waals surface area contributed by atoms with E-state index in [9.17, 15) is 4.79 Å². The number of ether oxygens (including phenoxy) is 2. The highest BCUT2D eigenvalue weighted by atomic mass is 16.6. The molecule has 16 heavy (non-hydrogen) atoms. The largest absolute Gasteiger partial charge is 0.479 e. The molecule has 0 aromatic heterocycles. The third-order valence-corrected chi connectivity index (χ3v) is 2.08. The lowest BCUT2D eigenvalue weighted by molar-refractivity contribution is -0.151. The Labute approximate surface area is 95.3 Å². The predicted molar refractivity (Wildman–Crippen MR) is 62.2 cm³/mol. The monoisotopic (exact) mass is 223 g/mol. The third kappa shape index (κ3) is 3.46. The molecule has 0 amide bonds. The molecule has 0 aliphatic carbocycles. The zero-order valence-corrected chi connectivity index (χ0v) is 9.60. The van der Waals surface area contributed by atoms with Gasteiger partial charge in [0.15, 0.2) is 6.10 Å². The van der Waals surface area contributed by atoms with Crippen molar-refractivity contribution in [3.8, 4) is 5.75 Å². The maximum atomic E-state index is 11.5. The first-order valence-corrected chi connectivity index (χ1v) is 5.36. The summed E-state index contributed by atoms with van der Waals surface area (Å²) in [6.07, 6.45) is 0.0204. The van der Waals surface area contributed by atoms with Gasteiger partial charge in [-0.05, 0) is 37.6 Å². The van der Waals surface area contributed by atoms with E-state index in [1.807, 2.05) is 6.92 Å². The van der Waals surface area contributed by atoms with Crippen molar-refractivity contribution in [1.29, 1.82) is 0 Å². The number of hydrogen-bond acceptors (Lipinski definition) is 4. The first kappa shape index (κ1) is 12.4. The molecule has 1 rings (SSSR count). The fourth-order valence-electron chi connectivity index (χ4n) is 1.24. The molecule has 88 valence electrons. The molecule has 0 aliphatic heterocycles. The van der Waals surface area contributed by atoms with Crippen LogP contribution < -0.4 is 10.5 Å². The maximum Gasteiger partial charge on any atom is 0.347 e. The molecule has 0 fully saturated rings. The van der Waals surface area contributed by atoms with Crippen LogP contribution >= 0.6 is 0 Å². The zero-order valence-electron chi connectivity index (χ0n) is 9.60. The summed E-state index contributed by atoms with van der Waals surface area (Å²) >= 11 is 0. The molecule has 0 aliphatic rings. The second-order valence-electron chi connectivity index (χ2n) is 3.34. The van der Waals surface area contributed by atoms with Crippen molar-refractivity contribution in [2.24, 2.45) is 0 Å². The topological polar surface area (TPSA) is 61.5 Å². The number of benzene rings is 1. The smallest absolute Gasteiger partial charge is 0.347 e. The van der Waals surface area contributed by atoms with Gasteiger partial charge in [0.2, 0.25) is 0 Å². The van der Waals surface area contributed by atoms with Gasteiger partial charge in [-0.25, -0.2) is 4.79 Å². The molecule has 0 heterocycles. The Morgan fingerprint density at radius 1 is 1.31 bits per heavy atom. The lowest BCUT2D eigenvalue weighted by Gasteiger charge is -2.15. The summed E-state index contributed by atoms with van der Waals surface area (Å²) in [4.78, 5) is 11.5. The van der Waals surface area contributed by atoms with E-state index in [-0.39, 0.29) is 5.97 Å². The Kier molecular flexibility index (Phi) is 4.64. The summed E-state index contributed by atoms with van der Waals surface area (Å²) in [5.74, 6) is 0.288. The molecule has 1 aromatic rings. The highest BCUT2D eigenvalue weighted by Crippen LogP contribution is 2.16. The number of anilines is 1. The number of carbonyl (C=O) groups excluding carboxylic acids is 1. The Balaban J connectivity index is 2.62. The normalized spacial score (nSPS) is 11.9. The first-order valence-electron chi connectivity index (χ1n) is 5.36. The molecule has 0 spiro atoms. The summed E-state index contributed by atoms with van der Waals surface area (Å²) in [6.45, 7) is 4.01. The van der Waals surface area contributed by atoms with Crippen LogP contribution in [-0.4, -0.2) is 18.7 Å². The minimum Gasteiger partial charge on any atom is -0.479 e. The van der Waals surface area contributed by atoms with Crippen LogP contribution in [0.3, 0.4) is 0 Å². The zero-order chi connectivity index (χ0) is 12.0. The van der Waals surface area contributed by atoms with Gasteiger partial charge in [0.05, 0.1) is 6.61 Å². The summed E-state index contributed by atoms with van der Waals surface area (Å²) in [6, 6.07) is 6.93. The maximum absolute atomic E-state index is 11.5. The SMILES string of the molecule is CCOC(=O)C(CC)Oc1ccc(N)cc1. The molecule has 0 bridgehead atoms. The molecular formula is C12H17NO3. The Hall–Kier alpha value is -1.71. The number of rotatable bonds is 5. The van der Waals surface area contributed by atoms with E-state index in [0.717, 1.165) is 0 Å². The minimum absolute atomic E-state index is 0.332. The number of hydrogen-bond donors (Lipinski definition) is 1. The predicted octanol–water partition coefficient (Wildman–Crippen LogP) is 1.99. The number of esters is 1. The van der Waals surface area contributed by atoms with Crippen LogP contribution in [0.25, 0.3) is 0 Å². The third-order valence-electron chi connectivity index (χ3n) is 2.08. The van der Waals surface area contributed by atoms with Crippen LogP contribution in [0.1, 0.15) is 20.3 Å². The molecule has 0 saturated heterocycles. The molecule has 1 aromatic carbocycles. The summed E-state index contributed by atoms with van der Waals surface area (Å²) < 4.78 is 10.4. The van der Waals surface area contributed by atoms with Gasteiger partial charge in [-0.1, -0.05) is 6.92 Å². The highest BCUT2D eigenvalue weighted by Gasteiger charge is 2.19. The Morgan fingerprint density at radius 2 is 1.94 bits per heavy atom. The quantitative estimate of drug-likeness (QED) is 0.612. The van der Waals surface area contributed by atoms with Crippen molar-refractivity contribution in [1.82, 2.24) is 0 Å². The van der Waals surface area contributed by atoms with E-state index in [1.54, 1.807) is 31.2 Å².